The lowest BCUT2D eigenvalue weighted by Crippen LogP contribution is -2.26. The van der Waals surface area contributed by atoms with Crippen molar-refractivity contribution in [2.24, 2.45) is 23.2 Å². The third-order valence-electron chi connectivity index (χ3n) is 3.92. The zero-order valence-corrected chi connectivity index (χ0v) is 10.1. The lowest BCUT2D eigenvalue weighted by atomic mass is 9.72. The Bertz CT molecular complexity index is 153. The van der Waals surface area contributed by atoms with Gasteiger partial charge in [0.1, 0.15) is 0 Å². The Hall–Kier alpha value is 0. The summed E-state index contributed by atoms with van der Waals surface area (Å²) < 4.78 is 0. The summed E-state index contributed by atoms with van der Waals surface area (Å²) in [6.07, 6.45) is 5.71. The van der Waals surface area contributed by atoms with E-state index in [1.165, 1.54) is 25.7 Å². The van der Waals surface area contributed by atoms with Gasteiger partial charge < -0.3 is 0 Å². The van der Waals surface area contributed by atoms with Crippen LogP contribution in [0.5, 0.6) is 0 Å². The number of rotatable bonds is 5. The van der Waals surface area contributed by atoms with E-state index in [0.29, 0.717) is 5.41 Å². The van der Waals surface area contributed by atoms with Gasteiger partial charge in [0.25, 0.3) is 0 Å². The van der Waals surface area contributed by atoms with Crippen LogP contribution in [0, 0.1) is 23.2 Å². The van der Waals surface area contributed by atoms with Crippen molar-refractivity contribution in [3.63, 3.8) is 0 Å². The first-order valence-corrected chi connectivity index (χ1v) is 6.01. The molecule has 0 nitrogen and oxygen atoms in total. The van der Waals surface area contributed by atoms with Crippen molar-refractivity contribution in [3.8, 4) is 0 Å². The maximum absolute atomic E-state index is 2.49. The SMILES string of the molecule is CCCC(C)C(C(C)C)C1(C)CC1. The van der Waals surface area contributed by atoms with Crippen molar-refractivity contribution in [1.82, 2.24) is 0 Å². The monoisotopic (exact) mass is 182 g/mol. The molecular weight excluding hydrogens is 156 g/mol. The van der Waals surface area contributed by atoms with Crippen LogP contribution in [0.2, 0.25) is 0 Å². The summed E-state index contributed by atoms with van der Waals surface area (Å²) in [6, 6.07) is 0. The summed E-state index contributed by atoms with van der Waals surface area (Å²) >= 11 is 0. The van der Waals surface area contributed by atoms with Crippen LogP contribution in [0.15, 0.2) is 0 Å². The average Bonchev–Trinajstić information content (AvgIpc) is 2.67. The Morgan fingerprint density at radius 2 is 1.69 bits per heavy atom. The standard InChI is InChI=1S/C13H26/c1-6-7-11(4)12(10(2)3)13(5)8-9-13/h10-12H,6-9H2,1-5H3. The molecule has 1 rings (SSSR count). The average molecular weight is 182 g/mol. The van der Waals surface area contributed by atoms with E-state index in [9.17, 15) is 0 Å². The molecule has 78 valence electrons. The van der Waals surface area contributed by atoms with E-state index < -0.39 is 0 Å². The van der Waals surface area contributed by atoms with Gasteiger partial charge in [0.15, 0.2) is 0 Å². The summed E-state index contributed by atoms with van der Waals surface area (Å²) in [5.41, 5.74) is 0.711. The topological polar surface area (TPSA) is 0 Å². The van der Waals surface area contributed by atoms with Gasteiger partial charge in [0.05, 0.1) is 0 Å². The van der Waals surface area contributed by atoms with Gasteiger partial charge >= 0.3 is 0 Å². The second-order valence-electron chi connectivity index (χ2n) is 5.69. The number of hydrogen-bond acceptors (Lipinski definition) is 0. The summed E-state index contributed by atoms with van der Waals surface area (Å²) in [5.74, 6) is 2.76. The molecule has 0 N–H and O–H groups in total. The van der Waals surface area contributed by atoms with E-state index in [4.69, 9.17) is 0 Å². The van der Waals surface area contributed by atoms with Gasteiger partial charge in [-0.05, 0) is 36.0 Å². The highest BCUT2D eigenvalue weighted by molar-refractivity contribution is 4.97. The van der Waals surface area contributed by atoms with Crippen LogP contribution in [-0.2, 0) is 0 Å². The van der Waals surface area contributed by atoms with E-state index >= 15 is 0 Å². The van der Waals surface area contributed by atoms with Gasteiger partial charge in [-0.15, -0.1) is 0 Å². The number of hydrogen-bond donors (Lipinski definition) is 0. The molecule has 1 fully saturated rings. The predicted molar refractivity (Wildman–Crippen MR) is 59.7 cm³/mol. The van der Waals surface area contributed by atoms with Crippen molar-refractivity contribution in [3.05, 3.63) is 0 Å². The quantitative estimate of drug-likeness (QED) is 0.587. The molecule has 1 aliphatic carbocycles. The summed E-state index contributed by atoms with van der Waals surface area (Å²) in [4.78, 5) is 0. The molecule has 2 unspecified atom stereocenters. The largest absolute Gasteiger partial charge is 0.0654 e. The van der Waals surface area contributed by atoms with Gasteiger partial charge in [-0.25, -0.2) is 0 Å². The molecule has 1 saturated carbocycles. The molecule has 2 atom stereocenters. The fourth-order valence-corrected chi connectivity index (χ4v) is 3.31. The van der Waals surface area contributed by atoms with Crippen LogP contribution in [0.25, 0.3) is 0 Å². The zero-order valence-electron chi connectivity index (χ0n) is 10.1. The van der Waals surface area contributed by atoms with Crippen LogP contribution < -0.4 is 0 Å². The molecule has 0 heteroatoms. The molecule has 0 spiro atoms. The predicted octanol–water partition coefficient (Wildman–Crippen LogP) is 4.49. The molecular formula is C13H26. The summed E-state index contributed by atoms with van der Waals surface area (Å²) in [6.45, 7) is 12.1. The second-order valence-corrected chi connectivity index (χ2v) is 5.69. The highest BCUT2D eigenvalue weighted by atomic mass is 14.5. The third-order valence-corrected chi connectivity index (χ3v) is 3.92. The van der Waals surface area contributed by atoms with Gasteiger partial charge in [-0.1, -0.05) is 47.5 Å². The zero-order chi connectivity index (χ0) is 10.1. The van der Waals surface area contributed by atoms with Gasteiger partial charge in [0.2, 0.25) is 0 Å². The van der Waals surface area contributed by atoms with Crippen LogP contribution in [0.4, 0.5) is 0 Å². The van der Waals surface area contributed by atoms with Crippen molar-refractivity contribution in [2.45, 2.75) is 60.3 Å². The van der Waals surface area contributed by atoms with Gasteiger partial charge in [-0.3, -0.25) is 0 Å². The minimum absolute atomic E-state index is 0.711. The van der Waals surface area contributed by atoms with Crippen molar-refractivity contribution >= 4 is 0 Å². The molecule has 0 heterocycles. The Morgan fingerprint density at radius 3 is 2.00 bits per heavy atom. The summed E-state index contributed by atoms with van der Waals surface area (Å²) in [7, 11) is 0. The Kier molecular flexibility index (Phi) is 3.43. The summed E-state index contributed by atoms with van der Waals surface area (Å²) in [5, 5.41) is 0. The molecule has 0 radical (unpaired) electrons. The van der Waals surface area contributed by atoms with Gasteiger partial charge in [-0.2, -0.15) is 0 Å². The molecule has 0 aliphatic heterocycles. The first-order chi connectivity index (χ1) is 6.01. The minimum atomic E-state index is 0.711. The third kappa shape index (κ3) is 2.48. The maximum Gasteiger partial charge on any atom is -0.0292 e. The smallest absolute Gasteiger partial charge is 0.0292 e. The van der Waals surface area contributed by atoms with E-state index in [2.05, 4.69) is 34.6 Å². The normalized spacial score (nSPS) is 24.5. The highest BCUT2D eigenvalue weighted by Gasteiger charge is 2.47. The molecule has 0 saturated heterocycles. The molecule has 0 bridgehead atoms. The van der Waals surface area contributed by atoms with Crippen LogP contribution >= 0.6 is 0 Å². The Balaban J connectivity index is 2.57. The van der Waals surface area contributed by atoms with E-state index in [0.717, 1.165) is 17.8 Å². The Morgan fingerprint density at radius 1 is 1.15 bits per heavy atom. The molecule has 0 aromatic heterocycles. The van der Waals surface area contributed by atoms with Crippen LogP contribution in [0.1, 0.15) is 60.3 Å². The highest BCUT2D eigenvalue weighted by Crippen LogP contribution is 2.56. The van der Waals surface area contributed by atoms with E-state index in [-0.39, 0.29) is 0 Å². The molecule has 0 amide bonds. The van der Waals surface area contributed by atoms with Crippen molar-refractivity contribution in [2.75, 3.05) is 0 Å². The van der Waals surface area contributed by atoms with Crippen molar-refractivity contribution in [1.29, 1.82) is 0 Å². The van der Waals surface area contributed by atoms with Crippen molar-refractivity contribution < 1.29 is 0 Å². The lowest BCUT2D eigenvalue weighted by Gasteiger charge is -2.33. The lowest BCUT2D eigenvalue weighted by molar-refractivity contribution is 0.160. The molecule has 0 aromatic rings. The first-order valence-electron chi connectivity index (χ1n) is 6.01. The van der Waals surface area contributed by atoms with E-state index in [1.807, 2.05) is 0 Å². The second kappa shape index (κ2) is 4.02. The maximum atomic E-state index is 2.49. The van der Waals surface area contributed by atoms with Crippen LogP contribution in [-0.4, -0.2) is 0 Å². The van der Waals surface area contributed by atoms with E-state index in [1.54, 1.807) is 0 Å². The van der Waals surface area contributed by atoms with Crippen LogP contribution in [0.3, 0.4) is 0 Å². The molecule has 13 heavy (non-hydrogen) atoms. The fourth-order valence-electron chi connectivity index (χ4n) is 3.31. The first kappa shape index (κ1) is 11.1. The molecule has 0 aromatic carbocycles. The molecule has 1 aliphatic rings. The Labute approximate surface area is 84.1 Å². The fraction of sp³-hybridized carbons (Fsp3) is 1.00. The minimum Gasteiger partial charge on any atom is -0.0654 e. The van der Waals surface area contributed by atoms with Gasteiger partial charge in [0, 0.05) is 0 Å².